The molecule has 0 heterocycles. The van der Waals surface area contributed by atoms with Crippen LogP contribution in [0.15, 0.2) is 0 Å². The molecule has 4 bridgehead atoms. The molecular weight excluding hydrogens is 208 g/mol. The Morgan fingerprint density at radius 2 is 1.29 bits per heavy atom. The van der Waals surface area contributed by atoms with Crippen LogP contribution in [0.5, 0.6) is 0 Å². The molecule has 4 fully saturated rings. The number of hydrogen-bond donors (Lipinski definition) is 2. The first-order chi connectivity index (χ1) is 7.86. The van der Waals surface area contributed by atoms with E-state index in [-0.39, 0.29) is 0 Å². The average Bonchev–Trinajstić information content (AvgIpc) is 2.11. The molecule has 0 aromatic rings. The van der Waals surface area contributed by atoms with Gasteiger partial charge in [-0.1, -0.05) is 13.8 Å². The van der Waals surface area contributed by atoms with E-state index in [1.165, 1.54) is 44.9 Å². The average molecular weight is 238 g/mol. The molecule has 2 nitrogen and oxygen atoms in total. The fourth-order valence-corrected chi connectivity index (χ4v) is 7.10. The van der Waals surface area contributed by atoms with Crippen molar-refractivity contribution in [1.29, 1.82) is 0 Å². The van der Waals surface area contributed by atoms with Gasteiger partial charge in [0.05, 0.1) is 13.1 Å². The number of rotatable bonds is 3. The van der Waals surface area contributed by atoms with Crippen LogP contribution in [0.2, 0.25) is 0 Å². The Morgan fingerprint density at radius 1 is 0.765 bits per heavy atom. The van der Waals surface area contributed by atoms with E-state index >= 15 is 0 Å². The van der Waals surface area contributed by atoms with Gasteiger partial charge in [0, 0.05) is 11.8 Å². The van der Waals surface area contributed by atoms with Gasteiger partial charge in [-0.15, -0.1) is 0 Å². The summed E-state index contributed by atoms with van der Waals surface area (Å²) in [6.07, 6.45) is 10.2. The summed E-state index contributed by atoms with van der Waals surface area (Å²) in [7, 11) is 0. The highest BCUT2D eigenvalue weighted by molar-refractivity contribution is 5.14. The van der Waals surface area contributed by atoms with Crippen LogP contribution in [0.4, 0.5) is 0 Å². The molecule has 0 aromatic carbocycles. The Hall–Kier alpha value is -0.0800. The summed E-state index contributed by atoms with van der Waals surface area (Å²) in [5.41, 5.74) is 10.9. The molecule has 4 aliphatic carbocycles. The van der Waals surface area contributed by atoms with Crippen molar-refractivity contribution in [2.24, 2.45) is 21.7 Å². The van der Waals surface area contributed by atoms with Crippen molar-refractivity contribution in [3.8, 4) is 0 Å². The second kappa shape index (κ2) is 3.27. The van der Waals surface area contributed by atoms with Gasteiger partial charge in [0.2, 0.25) is 0 Å². The van der Waals surface area contributed by atoms with Crippen LogP contribution < -0.4 is 11.5 Å². The van der Waals surface area contributed by atoms with Crippen molar-refractivity contribution < 1.29 is 11.5 Å². The molecule has 4 aliphatic rings. The lowest BCUT2D eigenvalue weighted by Crippen LogP contribution is -2.68. The van der Waals surface area contributed by atoms with E-state index in [2.05, 4.69) is 25.3 Å². The zero-order chi connectivity index (χ0) is 12.4. The molecule has 4 rings (SSSR count). The maximum absolute atomic E-state index is 4.31. The molecule has 2 heteroatoms. The summed E-state index contributed by atoms with van der Waals surface area (Å²) in [6.45, 7) is 7.41. The SMILES string of the molecule is C[C@]12CC3(C[NH3+])CC(CC[NH3+])(C1)C[C@@](C)(C3)C2. The second-order valence-electron chi connectivity index (χ2n) is 8.54. The second-order valence-corrected chi connectivity index (χ2v) is 8.54. The lowest BCUT2D eigenvalue weighted by molar-refractivity contribution is -0.416. The molecule has 0 saturated heterocycles. The fraction of sp³-hybridized carbons (Fsp3) is 1.00. The molecule has 4 saturated carbocycles. The Morgan fingerprint density at radius 3 is 1.76 bits per heavy atom. The van der Waals surface area contributed by atoms with Gasteiger partial charge in [-0.25, -0.2) is 0 Å². The van der Waals surface area contributed by atoms with Crippen LogP contribution in [0.25, 0.3) is 0 Å². The zero-order valence-corrected chi connectivity index (χ0v) is 11.8. The van der Waals surface area contributed by atoms with Gasteiger partial charge in [0.15, 0.2) is 0 Å². The van der Waals surface area contributed by atoms with Gasteiger partial charge in [-0.05, 0) is 54.8 Å². The first-order valence-electron chi connectivity index (χ1n) is 7.45. The maximum Gasteiger partial charge on any atom is 0.0797 e. The molecule has 0 spiro atoms. The lowest BCUT2D eigenvalue weighted by atomic mass is 9.35. The van der Waals surface area contributed by atoms with E-state index in [1.54, 1.807) is 0 Å². The van der Waals surface area contributed by atoms with Gasteiger partial charge >= 0.3 is 0 Å². The highest BCUT2D eigenvalue weighted by Crippen LogP contribution is 2.73. The summed E-state index contributed by atoms with van der Waals surface area (Å²) in [4.78, 5) is 0. The van der Waals surface area contributed by atoms with E-state index in [9.17, 15) is 0 Å². The van der Waals surface area contributed by atoms with Crippen LogP contribution in [-0.4, -0.2) is 13.1 Å². The number of hydrogen-bond acceptors (Lipinski definition) is 0. The molecule has 0 aliphatic heterocycles. The molecule has 6 N–H and O–H groups in total. The third kappa shape index (κ3) is 1.67. The molecule has 4 atom stereocenters. The number of quaternary nitrogens is 2. The minimum atomic E-state index is 0.591. The van der Waals surface area contributed by atoms with Gasteiger partial charge in [-0.3, -0.25) is 0 Å². The summed E-state index contributed by atoms with van der Waals surface area (Å²) in [5.74, 6) is 0. The van der Waals surface area contributed by atoms with Crippen molar-refractivity contribution in [3.05, 3.63) is 0 Å². The van der Waals surface area contributed by atoms with Crippen LogP contribution >= 0.6 is 0 Å². The van der Waals surface area contributed by atoms with Crippen molar-refractivity contribution >= 4 is 0 Å². The lowest BCUT2D eigenvalue weighted by Gasteiger charge is -2.69. The Labute approximate surface area is 106 Å². The van der Waals surface area contributed by atoms with E-state index in [0.717, 1.165) is 13.1 Å². The van der Waals surface area contributed by atoms with Crippen LogP contribution in [-0.2, 0) is 0 Å². The maximum atomic E-state index is 4.31. The van der Waals surface area contributed by atoms with Crippen molar-refractivity contribution in [1.82, 2.24) is 0 Å². The summed E-state index contributed by atoms with van der Waals surface area (Å²) in [6, 6.07) is 0. The molecule has 98 valence electrons. The van der Waals surface area contributed by atoms with Crippen molar-refractivity contribution in [3.63, 3.8) is 0 Å². The van der Waals surface area contributed by atoms with Crippen LogP contribution in [0.1, 0.15) is 58.8 Å². The molecule has 17 heavy (non-hydrogen) atoms. The third-order valence-corrected chi connectivity index (χ3v) is 6.05. The van der Waals surface area contributed by atoms with Gasteiger partial charge in [0.1, 0.15) is 0 Å². The standard InChI is InChI=1S/C15H28N2/c1-12-5-13(2)7-14(6-12,3-4-16)10-15(8-12,9-13)11-17/h3-11,16-17H2,1-2H3/p+2/t12-,13+,14?,15?. The minimum Gasteiger partial charge on any atom is -0.358 e. The van der Waals surface area contributed by atoms with E-state index in [4.69, 9.17) is 0 Å². The fourth-order valence-electron chi connectivity index (χ4n) is 7.10. The highest BCUT2D eigenvalue weighted by atomic mass is 14.7. The van der Waals surface area contributed by atoms with Gasteiger partial charge in [-0.2, -0.15) is 0 Å². The first-order valence-corrected chi connectivity index (χ1v) is 7.45. The minimum absolute atomic E-state index is 0.591. The molecule has 2 unspecified atom stereocenters. The molecule has 0 amide bonds. The van der Waals surface area contributed by atoms with Gasteiger partial charge in [0.25, 0.3) is 0 Å². The normalized spacial score (nSPS) is 56.5. The Balaban J connectivity index is 2.01. The van der Waals surface area contributed by atoms with E-state index in [1.807, 2.05) is 0 Å². The summed E-state index contributed by atoms with van der Waals surface area (Å²) < 4.78 is 0. The van der Waals surface area contributed by atoms with Crippen LogP contribution in [0.3, 0.4) is 0 Å². The highest BCUT2D eigenvalue weighted by Gasteiger charge is 2.65. The molecule has 0 aromatic heterocycles. The van der Waals surface area contributed by atoms with Crippen molar-refractivity contribution in [2.45, 2.75) is 58.8 Å². The monoisotopic (exact) mass is 238 g/mol. The third-order valence-electron chi connectivity index (χ3n) is 6.05. The molecule has 0 radical (unpaired) electrons. The van der Waals surface area contributed by atoms with Crippen molar-refractivity contribution in [2.75, 3.05) is 13.1 Å². The topological polar surface area (TPSA) is 55.3 Å². The summed E-state index contributed by atoms with van der Waals surface area (Å²) >= 11 is 0. The predicted octanol–water partition coefficient (Wildman–Crippen LogP) is 1.23. The van der Waals surface area contributed by atoms with E-state index < -0.39 is 0 Å². The zero-order valence-electron chi connectivity index (χ0n) is 11.8. The smallest absolute Gasteiger partial charge is 0.0797 e. The summed E-state index contributed by atoms with van der Waals surface area (Å²) in [5, 5.41) is 0. The predicted molar refractivity (Wildman–Crippen MR) is 68.9 cm³/mol. The van der Waals surface area contributed by atoms with E-state index in [0.29, 0.717) is 21.7 Å². The Bertz CT molecular complexity index is 318. The quantitative estimate of drug-likeness (QED) is 0.743. The Kier molecular flexibility index (Phi) is 2.30. The molecular formula is C15H30N2+2. The van der Waals surface area contributed by atoms with Gasteiger partial charge < -0.3 is 11.5 Å². The largest absolute Gasteiger partial charge is 0.358 e. The van der Waals surface area contributed by atoms with Crippen LogP contribution in [0, 0.1) is 21.7 Å². The first kappa shape index (κ1) is 12.0.